The predicted octanol–water partition coefficient (Wildman–Crippen LogP) is 3.07. The van der Waals surface area contributed by atoms with Crippen molar-refractivity contribution in [2.45, 2.75) is 59.3 Å². The minimum atomic E-state index is 0.220. The number of likely N-dealkylation sites (tertiary alicyclic amines) is 1. The molecular formula is C17H31NO2. The predicted molar refractivity (Wildman–Crippen MR) is 81.3 cm³/mol. The molecule has 3 heteroatoms. The number of aliphatic hydroxyl groups is 1. The van der Waals surface area contributed by atoms with Crippen LogP contribution in [0.3, 0.4) is 0 Å². The van der Waals surface area contributed by atoms with Crippen molar-refractivity contribution < 1.29 is 9.90 Å². The zero-order valence-corrected chi connectivity index (χ0v) is 13.4. The van der Waals surface area contributed by atoms with Crippen LogP contribution in [-0.2, 0) is 4.79 Å². The highest BCUT2D eigenvalue weighted by molar-refractivity contribution is 5.76. The van der Waals surface area contributed by atoms with Gasteiger partial charge >= 0.3 is 0 Å². The molecule has 3 unspecified atom stereocenters. The topological polar surface area (TPSA) is 40.5 Å². The fourth-order valence-electron chi connectivity index (χ4n) is 4.52. The second kappa shape index (κ2) is 6.46. The van der Waals surface area contributed by atoms with Crippen molar-refractivity contribution in [1.82, 2.24) is 4.90 Å². The second-order valence-electron chi connectivity index (χ2n) is 8.01. The standard InChI is InChI=1S/C17H31NO2/c1-13-7-15(10-17(2,3)9-13)8-16(20)18-6-4-5-14(11-18)12-19/h13-15,19H,4-12H2,1-3H3. The number of nitrogens with zero attached hydrogens (tertiary/aromatic N) is 1. The van der Waals surface area contributed by atoms with Crippen LogP contribution in [0.4, 0.5) is 0 Å². The molecule has 0 aromatic carbocycles. The Bertz CT molecular complexity index is 340. The van der Waals surface area contributed by atoms with E-state index in [0.29, 0.717) is 29.6 Å². The molecule has 0 aromatic rings. The number of hydrogen-bond donors (Lipinski definition) is 1. The SMILES string of the molecule is CC1CC(CC(=O)N2CCCC(CO)C2)CC(C)(C)C1. The molecular weight excluding hydrogens is 250 g/mol. The van der Waals surface area contributed by atoms with Crippen molar-refractivity contribution in [1.29, 1.82) is 0 Å². The fraction of sp³-hybridized carbons (Fsp3) is 0.941. The monoisotopic (exact) mass is 281 g/mol. The lowest BCUT2D eigenvalue weighted by Gasteiger charge is -2.40. The van der Waals surface area contributed by atoms with Gasteiger partial charge in [-0.3, -0.25) is 4.79 Å². The first kappa shape index (κ1) is 15.8. The molecule has 116 valence electrons. The van der Waals surface area contributed by atoms with Crippen molar-refractivity contribution in [2.75, 3.05) is 19.7 Å². The van der Waals surface area contributed by atoms with Crippen molar-refractivity contribution in [3.05, 3.63) is 0 Å². The van der Waals surface area contributed by atoms with Gasteiger partial charge in [0.15, 0.2) is 0 Å². The van der Waals surface area contributed by atoms with Crippen LogP contribution in [0.25, 0.3) is 0 Å². The molecule has 1 aliphatic heterocycles. The van der Waals surface area contributed by atoms with E-state index in [-0.39, 0.29) is 6.61 Å². The number of rotatable bonds is 3. The van der Waals surface area contributed by atoms with Gasteiger partial charge < -0.3 is 10.0 Å². The van der Waals surface area contributed by atoms with Crippen molar-refractivity contribution in [3.63, 3.8) is 0 Å². The molecule has 1 saturated carbocycles. The van der Waals surface area contributed by atoms with Gasteiger partial charge in [0.2, 0.25) is 5.91 Å². The van der Waals surface area contributed by atoms with Gasteiger partial charge in [-0.2, -0.15) is 0 Å². The van der Waals surface area contributed by atoms with Gasteiger partial charge in [-0.15, -0.1) is 0 Å². The quantitative estimate of drug-likeness (QED) is 0.863. The van der Waals surface area contributed by atoms with Crippen LogP contribution in [0.1, 0.15) is 59.3 Å². The molecule has 0 spiro atoms. The van der Waals surface area contributed by atoms with E-state index < -0.39 is 0 Å². The summed E-state index contributed by atoms with van der Waals surface area (Å²) >= 11 is 0. The molecule has 1 aliphatic carbocycles. The summed E-state index contributed by atoms with van der Waals surface area (Å²) in [7, 11) is 0. The van der Waals surface area contributed by atoms with Gasteiger partial charge in [-0.1, -0.05) is 20.8 Å². The maximum Gasteiger partial charge on any atom is 0.222 e. The third-order valence-electron chi connectivity index (χ3n) is 5.07. The van der Waals surface area contributed by atoms with Crippen molar-refractivity contribution in [2.24, 2.45) is 23.2 Å². The first-order valence-electron chi connectivity index (χ1n) is 8.28. The molecule has 3 nitrogen and oxygen atoms in total. The number of piperidine rings is 1. The van der Waals surface area contributed by atoms with Gasteiger partial charge in [0, 0.05) is 26.1 Å². The zero-order valence-electron chi connectivity index (χ0n) is 13.4. The highest BCUT2D eigenvalue weighted by Crippen LogP contribution is 2.43. The van der Waals surface area contributed by atoms with Crippen molar-refractivity contribution in [3.8, 4) is 0 Å². The van der Waals surface area contributed by atoms with Crippen molar-refractivity contribution >= 4 is 5.91 Å². The average Bonchev–Trinajstić information content (AvgIpc) is 2.36. The Hall–Kier alpha value is -0.570. The lowest BCUT2D eigenvalue weighted by molar-refractivity contribution is -0.135. The molecule has 20 heavy (non-hydrogen) atoms. The summed E-state index contributed by atoms with van der Waals surface area (Å²) in [5.74, 6) is 1.91. The van der Waals surface area contributed by atoms with E-state index in [9.17, 15) is 9.90 Å². The fourth-order valence-corrected chi connectivity index (χ4v) is 4.52. The molecule has 1 heterocycles. The summed E-state index contributed by atoms with van der Waals surface area (Å²) in [6, 6.07) is 0. The summed E-state index contributed by atoms with van der Waals surface area (Å²) in [6.07, 6.45) is 6.49. The molecule has 2 rings (SSSR count). The van der Waals surface area contributed by atoms with Crippen LogP contribution >= 0.6 is 0 Å². The molecule has 0 bridgehead atoms. The van der Waals surface area contributed by atoms with Gasteiger partial charge in [0.25, 0.3) is 0 Å². The average molecular weight is 281 g/mol. The Labute approximate surface area is 123 Å². The van der Waals surface area contributed by atoms with Crippen LogP contribution in [0, 0.1) is 23.2 Å². The number of carbonyl (C=O) groups excluding carboxylic acids is 1. The molecule has 1 amide bonds. The Morgan fingerprint density at radius 1 is 1.30 bits per heavy atom. The highest BCUT2D eigenvalue weighted by atomic mass is 16.3. The molecule has 0 radical (unpaired) electrons. The summed E-state index contributed by atoms with van der Waals surface area (Å²) in [6.45, 7) is 8.87. The summed E-state index contributed by atoms with van der Waals surface area (Å²) in [4.78, 5) is 14.5. The van der Waals surface area contributed by atoms with Gasteiger partial charge in [0.1, 0.15) is 0 Å². The minimum Gasteiger partial charge on any atom is -0.396 e. The third-order valence-corrected chi connectivity index (χ3v) is 5.07. The van der Waals surface area contributed by atoms with Crippen LogP contribution in [-0.4, -0.2) is 35.6 Å². The van der Waals surface area contributed by atoms with Crippen LogP contribution in [0.5, 0.6) is 0 Å². The first-order chi connectivity index (χ1) is 9.39. The molecule has 1 saturated heterocycles. The van der Waals surface area contributed by atoms with E-state index in [0.717, 1.165) is 31.8 Å². The first-order valence-corrected chi connectivity index (χ1v) is 8.28. The summed E-state index contributed by atoms with van der Waals surface area (Å²) in [5.41, 5.74) is 0.387. The second-order valence-corrected chi connectivity index (χ2v) is 8.01. The van der Waals surface area contributed by atoms with E-state index in [2.05, 4.69) is 20.8 Å². The highest BCUT2D eigenvalue weighted by Gasteiger charge is 2.34. The Morgan fingerprint density at radius 2 is 2.05 bits per heavy atom. The van der Waals surface area contributed by atoms with Crippen LogP contribution in [0.15, 0.2) is 0 Å². The van der Waals surface area contributed by atoms with E-state index in [1.54, 1.807) is 0 Å². The lowest BCUT2D eigenvalue weighted by atomic mass is 9.67. The molecule has 3 atom stereocenters. The maximum absolute atomic E-state index is 12.5. The number of carbonyl (C=O) groups is 1. The molecule has 1 N–H and O–H groups in total. The van der Waals surface area contributed by atoms with E-state index in [4.69, 9.17) is 0 Å². The Balaban J connectivity index is 1.87. The van der Waals surface area contributed by atoms with Gasteiger partial charge in [-0.25, -0.2) is 0 Å². The Morgan fingerprint density at radius 3 is 2.70 bits per heavy atom. The van der Waals surface area contributed by atoms with Crippen LogP contribution in [0.2, 0.25) is 0 Å². The van der Waals surface area contributed by atoms with E-state index >= 15 is 0 Å². The van der Waals surface area contributed by atoms with E-state index in [1.165, 1.54) is 19.3 Å². The largest absolute Gasteiger partial charge is 0.396 e. The van der Waals surface area contributed by atoms with E-state index in [1.807, 2.05) is 4.90 Å². The number of aliphatic hydroxyl groups excluding tert-OH is 1. The molecule has 2 aliphatic rings. The lowest BCUT2D eigenvalue weighted by Crippen LogP contribution is -2.42. The molecule has 0 aromatic heterocycles. The van der Waals surface area contributed by atoms with Crippen LogP contribution < -0.4 is 0 Å². The molecule has 2 fully saturated rings. The smallest absolute Gasteiger partial charge is 0.222 e. The van der Waals surface area contributed by atoms with Gasteiger partial charge in [-0.05, 0) is 55.3 Å². The minimum absolute atomic E-state index is 0.220. The zero-order chi connectivity index (χ0) is 14.8. The summed E-state index contributed by atoms with van der Waals surface area (Å²) < 4.78 is 0. The maximum atomic E-state index is 12.5. The van der Waals surface area contributed by atoms with Gasteiger partial charge in [0.05, 0.1) is 0 Å². The summed E-state index contributed by atoms with van der Waals surface area (Å²) in [5, 5.41) is 9.28. The third kappa shape index (κ3) is 4.21. The number of hydrogen-bond acceptors (Lipinski definition) is 2. The Kier molecular flexibility index (Phi) is 5.11. The normalized spacial score (nSPS) is 34.0. The number of amides is 1.